The van der Waals surface area contributed by atoms with Gasteiger partial charge in [-0.05, 0) is 55.7 Å². The molecule has 1 unspecified atom stereocenters. The van der Waals surface area contributed by atoms with E-state index in [9.17, 15) is 14.7 Å². The zero-order valence-corrected chi connectivity index (χ0v) is 22.5. The van der Waals surface area contributed by atoms with Gasteiger partial charge in [-0.3, -0.25) is 0 Å². The first-order chi connectivity index (χ1) is 19.2. The zero-order valence-electron chi connectivity index (χ0n) is 22.5. The molecule has 0 bridgehead atoms. The Hall–Kier alpha value is -5.02. The van der Waals surface area contributed by atoms with E-state index in [1.54, 1.807) is 20.8 Å². The number of para-hydroxylation sites is 2. The third-order valence-corrected chi connectivity index (χ3v) is 6.35. The lowest BCUT2D eigenvalue weighted by molar-refractivity contribution is -0.139. The molecule has 1 heterocycles. The molecule has 1 aromatic heterocycles. The van der Waals surface area contributed by atoms with Crippen LogP contribution >= 0.6 is 0 Å². The molecule has 0 aliphatic carbocycles. The number of fused-ring (bicyclic) bond motifs is 3. The SMILES string of the molecule is CC(C)(C)OC(=O)NC(CC#Cc1ccc(-c2ccc(-c3cccc4c3oc3ccccc34)cc2)cc1)C(=O)O. The van der Waals surface area contributed by atoms with Gasteiger partial charge in [-0.25, -0.2) is 9.59 Å². The molecule has 2 N–H and O–H groups in total. The Morgan fingerprint density at radius 2 is 1.48 bits per heavy atom. The molecule has 6 heteroatoms. The number of aliphatic carboxylic acids is 1. The summed E-state index contributed by atoms with van der Waals surface area (Å²) in [5.41, 5.74) is 6.01. The molecule has 40 heavy (non-hydrogen) atoms. The van der Waals surface area contributed by atoms with Crippen molar-refractivity contribution in [1.29, 1.82) is 0 Å². The Morgan fingerprint density at radius 3 is 2.15 bits per heavy atom. The Bertz CT molecular complexity index is 1750. The Labute approximate surface area is 232 Å². The van der Waals surface area contributed by atoms with Gasteiger partial charge in [-0.1, -0.05) is 84.6 Å². The molecule has 0 aliphatic rings. The topological polar surface area (TPSA) is 88.8 Å². The number of hydrogen-bond acceptors (Lipinski definition) is 4. The molecule has 1 amide bonds. The number of carbonyl (C=O) groups excluding carboxylic acids is 1. The normalized spacial score (nSPS) is 12.0. The van der Waals surface area contributed by atoms with Crippen molar-refractivity contribution >= 4 is 34.0 Å². The summed E-state index contributed by atoms with van der Waals surface area (Å²) in [5.74, 6) is 4.65. The van der Waals surface area contributed by atoms with Crippen molar-refractivity contribution in [1.82, 2.24) is 5.32 Å². The standard InChI is InChI=1S/C34H29NO5/c1-34(2,3)40-33(38)35-29(32(36)37)12-6-8-22-14-16-23(17-15-22)24-18-20-25(21-19-24)26-10-7-11-28-27-9-4-5-13-30(27)39-31(26)28/h4-5,7,9-11,13-21,29H,12H2,1-3H3,(H,35,38)(H,36,37). The summed E-state index contributed by atoms with van der Waals surface area (Å²) < 4.78 is 11.3. The predicted molar refractivity (Wildman–Crippen MR) is 157 cm³/mol. The van der Waals surface area contributed by atoms with Gasteiger partial charge < -0.3 is 19.6 Å². The van der Waals surface area contributed by atoms with Gasteiger partial charge in [-0.2, -0.15) is 0 Å². The lowest BCUT2D eigenvalue weighted by atomic mass is 9.98. The molecule has 5 aromatic rings. The fraction of sp³-hybridized carbons (Fsp3) is 0.176. The number of benzene rings is 4. The van der Waals surface area contributed by atoms with E-state index in [4.69, 9.17) is 9.15 Å². The van der Waals surface area contributed by atoms with Crippen LogP contribution in [0, 0.1) is 11.8 Å². The maximum atomic E-state index is 11.9. The van der Waals surface area contributed by atoms with E-state index in [0.29, 0.717) is 0 Å². The first-order valence-electron chi connectivity index (χ1n) is 13.0. The Balaban J connectivity index is 1.28. The fourth-order valence-corrected chi connectivity index (χ4v) is 4.47. The van der Waals surface area contributed by atoms with Gasteiger partial charge in [0.2, 0.25) is 0 Å². The number of amides is 1. The molecule has 4 aromatic carbocycles. The zero-order chi connectivity index (χ0) is 28.3. The summed E-state index contributed by atoms with van der Waals surface area (Å²) >= 11 is 0. The van der Waals surface area contributed by atoms with Crippen LogP contribution in [0.25, 0.3) is 44.2 Å². The Morgan fingerprint density at radius 1 is 0.850 bits per heavy atom. The lowest BCUT2D eigenvalue weighted by Crippen LogP contribution is -2.43. The molecular formula is C34H29NO5. The number of carbonyl (C=O) groups is 2. The van der Waals surface area contributed by atoms with E-state index in [2.05, 4.69) is 65.7 Å². The third-order valence-electron chi connectivity index (χ3n) is 6.35. The summed E-state index contributed by atoms with van der Waals surface area (Å²) in [6, 6.07) is 29.2. The van der Waals surface area contributed by atoms with Crippen LogP contribution in [-0.4, -0.2) is 28.8 Å². The summed E-state index contributed by atoms with van der Waals surface area (Å²) in [6.45, 7) is 5.13. The molecule has 0 fully saturated rings. The van der Waals surface area contributed by atoms with E-state index in [0.717, 1.165) is 49.8 Å². The van der Waals surface area contributed by atoms with Gasteiger partial charge >= 0.3 is 12.1 Å². The fourth-order valence-electron chi connectivity index (χ4n) is 4.47. The second-order valence-electron chi connectivity index (χ2n) is 10.5. The van der Waals surface area contributed by atoms with Crippen molar-refractivity contribution in [3.8, 4) is 34.1 Å². The Kier molecular flexibility index (Phi) is 7.31. The van der Waals surface area contributed by atoms with Crippen LogP contribution in [0.5, 0.6) is 0 Å². The van der Waals surface area contributed by atoms with Gasteiger partial charge in [0.25, 0.3) is 0 Å². The smallest absolute Gasteiger partial charge is 0.408 e. The second-order valence-corrected chi connectivity index (χ2v) is 10.5. The molecule has 0 spiro atoms. The predicted octanol–water partition coefficient (Wildman–Crippen LogP) is 7.64. The molecule has 5 rings (SSSR count). The minimum Gasteiger partial charge on any atom is -0.480 e. The average Bonchev–Trinajstić information content (AvgIpc) is 3.31. The molecule has 0 saturated heterocycles. The van der Waals surface area contributed by atoms with Gasteiger partial charge in [0.05, 0.1) is 0 Å². The van der Waals surface area contributed by atoms with Crippen molar-refractivity contribution in [3.63, 3.8) is 0 Å². The maximum Gasteiger partial charge on any atom is 0.408 e. The van der Waals surface area contributed by atoms with Crippen LogP contribution < -0.4 is 5.32 Å². The highest BCUT2D eigenvalue weighted by molar-refractivity contribution is 6.09. The van der Waals surface area contributed by atoms with Crippen LogP contribution in [0.3, 0.4) is 0 Å². The maximum absolute atomic E-state index is 11.9. The monoisotopic (exact) mass is 531 g/mol. The second kappa shape index (κ2) is 11.0. The van der Waals surface area contributed by atoms with Crippen molar-refractivity contribution in [2.24, 2.45) is 0 Å². The minimum atomic E-state index is -1.17. The minimum absolute atomic E-state index is 0.0459. The number of ether oxygens (including phenoxy) is 1. The van der Waals surface area contributed by atoms with Crippen LogP contribution in [-0.2, 0) is 9.53 Å². The summed E-state index contributed by atoms with van der Waals surface area (Å²) in [5, 5.41) is 14.0. The van der Waals surface area contributed by atoms with E-state index >= 15 is 0 Å². The highest BCUT2D eigenvalue weighted by atomic mass is 16.6. The first kappa shape index (κ1) is 26.6. The van der Waals surface area contributed by atoms with Crippen LogP contribution in [0.2, 0.25) is 0 Å². The third kappa shape index (κ3) is 6.00. The molecule has 0 aliphatic heterocycles. The molecular weight excluding hydrogens is 502 g/mol. The number of furan rings is 1. The van der Waals surface area contributed by atoms with E-state index < -0.39 is 23.7 Å². The van der Waals surface area contributed by atoms with E-state index in [-0.39, 0.29) is 6.42 Å². The number of carboxylic acid groups (broad SMARTS) is 1. The van der Waals surface area contributed by atoms with E-state index in [1.807, 2.05) is 42.5 Å². The van der Waals surface area contributed by atoms with Crippen molar-refractivity contribution in [3.05, 3.63) is 96.6 Å². The van der Waals surface area contributed by atoms with Crippen molar-refractivity contribution in [2.45, 2.75) is 38.8 Å². The van der Waals surface area contributed by atoms with Gasteiger partial charge in [0.1, 0.15) is 22.8 Å². The van der Waals surface area contributed by atoms with E-state index in [1.165, 1.54) is 0 Å². The molecule has 0 radical (unpaired) electrons. The molecule has 6 nitrogen and oxygen atoms in total. The largest absolute Gasteiger partial charge is 0.480 e. The molecule has 200 valence electrons. The number of hydrogen-bond donors (Lipinski definition) is 2. The summed E-state index contributed by atoms with van der Waals surface area (Å²) in [6.07, 6.45) is -0.832. The van der Waals surface area contributed by atoms with Crippen LogP contribution in [0.15, 0.2) is 95.4 Å². The van der Waals surface area contributed by atoms with Crippen molar-refractivity contribution in [2.75, 3.05) is 0 Å². The van der Waals surface area contributed by atoms with Crippen LogP contribution in [0.1, 0.15) is 32.8 Å². The highest BCUT2D eigenvalue weighted by Crippen LogP contribution is 2.36. The number of alkyl carbamates (subject to hydrolysis) is 1. The molecule has 1 atom stereocenters. The number of rotatable bonds is 5. The highest BCUT2D eigenvalue weighted by Gasteiger charge is 2.23. The van der Waals surface area contributed by atoms with Gasteiger partial charge in [0, 0.05) is 28.3 Å². The average molecular weight is 532 g/mol. The van der Waals surface area contributed by atoms with Gasteiger partial charge in [0.15, 0.2) is 0 Å². The van der Waals surface area contributed by atoms with Crippen LogP contribution in [0.4, 0.5) is 4.79 Å². The molecule has 0 saturated carbocycles. The summed E-state index contributed by atoms with van der Waals surface area (Å²) in [4.78, 5) is 23.4. The summed E-state index contributed by atoms with van der Waals surface area (Å²) in [7, 11) is 0. The first-order valence-corrected chi connectivity index (χ1v) is 13.0. The number of nitrogens with one attached hydrogen (secondary N) is 1. The lowest BCUT2D eigenvalue weighted by Gasteiger charge is -2.21. The van der Waals surface area contributed by atoms with Gasteiger partial charge in [-0.15, -0.1) is 0 Å². The number of carboxylic acids is 1. The quantitative estimate of drug-likeness (QED) is 0.228. The van der Waals surface area contributed by atoms with Crippen molar-refractivity contribution < 1.29 is 23.8 Å².